The van der Waals surface area contributed by atoms with Gasteiger partial charge in [-0.25, -0.2) is 4.98 Å². The molecule has 0 N–H and O–H groups in total. The Bertz CT molecular complexity index is 798. The molecule has 112 valence electrons. The highest BCUT2D eigenvalue weighted by molar-refractivity contribution is 6.29. The summed E-state index contributed by atoms with van der Waals surface area (Å²) in [6.45, 7) is 0. The summed E-state index contributed by atoms with van der Waals surface area (Å²) in [6.07, 6.45) is -4.39. The Balaban J connectivity index is 2.02. The van der Waals surface area contributed by atoms with Crippen LogP contribution in [0.1, 0.15) is 5.56 Å². The fourth-order valence-corrected chi connectivity index (χ4v) is 2.01. The molecule has 3 rings (SSSR count). The Hall–Kier alpha value is -2.48. The standard InChI is InChI=1S/C13H7ClF3N5/c14-11-3-1-2-10(18-11)12-19-20-21-22(12)9-6-4-8(5-7-9)13(15,16)17/h1-7H. The van der Waals surface area contributed by atoms with Crippen molar-refractivity contribution in [2.24, 2.45) is 0 Å². The number of alkyl halides is 3. The quantitative estimate of drug-likeness (QED) is 0.678. The lowest BCUT2D eigenvalue weighted by Crippen LogP contribution is -2.06. The summed E-state index contributed by atoms with van der Waals surface area (Å²) >= 11 is 5.82. The summed E-state index contributed by atoms with van der Waals surface area (Å²) in [5.74, 6) is 0.280. The van der Waals surface area contributed by atoms with Gasteiger partial charge in [-0.15, -0.1) is 5.10 Å². The number of tetrazole rings is 1. The van der Waals surface area contributed by atoms with Gasteiger partial charge in [-0.2, -0.15) is 17.9 Å². The first-order valence-electron chi connectivity index (χ1n) is 6.04. The number of rotatable bonds is 2. The van der Waals surface area contributed by atoms with Crippen LogP contribution in [-0.4, -0.2) is 25.2 Å². The van der Waals surface area contributed by atoms with Gasteiger partial charge in [-0.05, 0) is 46.8 Å². The van der Waals surface area contributed by atoms with E-state index in [4.69, 9.17) is 11.6 Å². The van der Waals surface area contributed by atoms with Gasteiger partial charge in [-0.1, -0.05) is 17.7 Å². The van der Waals surface area contributed by atoms with E-state index in [0.717, 1.165) is 12.1 Å². The van der Waals surface area contributed by atoms with Crippen LogP contribution >= 0.6 is 11.6 Å². The van der Waals surface area contributed by atoms with Crippen molar-refractivity contribution in [1.82, 2.24) is 25.2 Å². The van der Waals surface area contributed by atoms with Gasteiger partial charge in [-0.3, -0.25) is 0 Å². The lowest BCUT2D eigenvalue weighted by Gasteiger charge is -2.08. The maximum Gasteiger partial charge on any atom is 0.416 e. The van der Waals surface area contributed by atoms with Crippen molar-refractivity contribution in [1.29, 1.82) is 0 Å². The highest BCUT2D eigenvalue weighted by Gasteiger charge is 2.30. The Morgan fingerprint density at radius 1 is 1.00 bits per heavy atom. The molecule has 0 aliphatic carbocycles. The van der Waals surface area contributed by atoms with Crippen molar-refractivity contribution in [2.75, 3.05) is 0 Å². The average Bonchev–Trinajstić information content (AvgIpc) is 2.96. The van der Waals surface area contributed by atoms with Crippen LogP contribution in [0.4, 0.5) is 13.2 Å². The largest absolute Gasteiger partial charge is 0.416 e. The summed E-state index contributed by atoms with van der Waals surface area (Å²) in [6, 6.07) is 9.42. The third kappa shape index (κ3) is 2.77. The number of pyridine rings is 1. The van der Waals surface area contributed by atoms with E-state index in [0.29, 0.717) is 11.4 Å². The minimum Gasteiger partial charge on any atom is -0.233 e. The third-order valence-electron chi connectivity index (χ3n) is 2.85. The van der Waals surface area contributed by atoms with Gasteiger partial charge in [0.05, 0.1) is 11.3 Å². The second-order valence-electron chi connectivity index (χ2n) is 4.30. The van der Waals surface area contributed by atoms with Crippen molar-refractivity contribution < 1.29 is 13.2 Å². The maximum absolute atomic E-state index is 12.6. The second kappa shape index (κ2) is 5.38. The van der Waals surface area contributed by atoms with Crippen LogP contribution in [0.5, 0.6) is 0 Å². The summed E-state index contributed by atoms with van der Waals surface area (Å²) in [5.41, 5.74) is 0.0546. The van der Waals surface area contributed by atoms with E-state index < -0.39 is 11.7 Å². The molecular weight excluding hydrogens is 319 g/mol. The van der Waals surface area contributed by atoms with Gasteiger partial charge < -0.3 is 0 Å². The normalized spacial score (nSPS) is 11.6. The highest BCUT2D eigenvalue weighted by atomic mass is 35.5. The molecule has 0 radical (unpaired) electrons. The molecule has 0 unspecified atom stereocenters. The Morgan fingerprint density at radius 3 is 2.36 bits per heavy atom. The number of aromatic nitrogens is 5. The van der Waals surface area contributed by atoms with E-state index in [9.17, 15) is 13.2 Å². The number of halogens is 4. The summed E-state index contributed by atoms with van der Waals surface area (Å²) in [5, 5.41) is 11.4. The Kier molecular flexibility index (Phi) is 3.53. The SMILES string of the molecule is FC(F)(F)c1ccc(-n2nnnc2-c2cccc(Cl)n2)cc1. The van der Waals surface area contributed by atoms with Crippen LogP contribution < -0.4 is 0 Å². The van der Waals surface area contributed by atoms with E-state index >= 15 is 0 Å². The highest BCUT2D eigenvalue weighted by Crippen LogP contribution is 2.30. The smallest absolute Gasteiger partial charge is 0.233 e. The van der Waals surface area contributed by atoms with Crippen molar-refractivity contribution >= 4 is 11.6 Å². The zero-order valence-corrected chi connectivity index (χ0v) is 11.5. The zero-order valence-electron chi connectivity index (χ0n) is 10.8. The van der Waals surface area contributed by atoms with Crippen molar-refractivity contribution in [3.8, 4) is 17.2 Å². The molecule has 3 aromatic rings. The third-order valence-corrected chi connectivity index (χ3v) is 3.06. The van der Waals surface area contributed by atoms with Crippen LogP contribution in [0.2, 0.25) is 5.15 Å². The van der Waals surface area contributed by atoms with Crippen LogP contribution in [0.15, 0.2) is 42.5 Å². The summed E-state index contributed by atoms with van der Waals surface area (Å²) in [4.78, 5) is 4.08. The zero-order chi connectivity index (χ0) is 15.7. The van der Waals surface area contributed by atoms with Crippen LogP contribution in [0.3, 0.4) is 0 Å². The molecule has 5 nitrogen and oxygen atoms in total. The molecule has 0 saturated carbocycles. The Labute approximate surface area is 127 Å². The molecule has 0 fully saturated rings. The van der Waals surface area contributed by atoms with Gasteiger partial charge in [0.15, 0.2) is 0 Å². The molecule has 0 aliphatic heterocycles. The molecular formula is C13H7ClF3N5. The fourth-order valence-electron chi connectivity index (χ4n) is 1.85. The maximum atomic E-state index is 12.6. The van der Waals surface area contributed by atoms with E-state index in [1.165, 1.54) is 16.8 Å². The molecule has 22 heavy (non-hydrogen) atoms. The lowest BCUT2D eigenvalue weighted by atomic mass is 10.2. The van der Waals surface area contributed by atoms with Crippen molar-refractivity contribution in [2.45, 2.75) is 6.18 Å². The molecule has 2 heterocycles. The second-order valence-corrected chi connectivity index (χ2v) is 4.69. The molecule has 0 amide bonds. The van der Waals surface area contributed by atoms with E-state index in [1.807, 2.05) is 0 Å². The first-order valence-corrected chi connectivity index (χ1v) is 6.42. The molecule has 2 aromatic heterocycles. The topological polar surface area (TPSA) is 56.5 Å². The lowest BCUT2D eigenvalue weighted by molar-refractivity contribution is -0.137. The molecule has 1 aromatic carbocycles. The van der Waals surface area contributed by atoms with E-state index in [2.05, 4.69) is 20.5 Å². The summed E-state index contributed by atoms with van der Waals surface area (Å²) in [7, 11) is 0. The average molecular weight is 326 g/mol. The van der Waals surface area contributed by atoms with E-state index in [1.54, 1.807) is 18.2 Å². The van der Waals surface area contributed by atoms with Gasteiger partial charge in [0.2, 0.25) is 5.82 Å². The predicted octanol–water partition coefficient (Wildman–Crippen LogP) is 3.40. The molecule has 0 aliphatic rings. The van der Waals surface area contributed by atoms with Crippen molar-refractivity contribution in [3.05, 3.63) is 53.2 Å². The molecule has 0 atom stereocenters. The van der Waals surface area contributed by atoms with Crippen LogP contribution in [0, 0.1) is 0 Å². The molecule has 0 saturated heterocycles. The molecule has 9 heteroatoms. The van der Waals surface area contributed by atoms with Gasteiger partial charge >= 0.3 is 6.18 Å². The minimum absolute atomic E-state index is 0.263. The predicted molar refractivity (Wildman–Crippen MR) is 72.4 cm³/mol. The molecule has 0 spiro atoms. The fraction of sp³-hybridized carbons (Fsp3) is 0.0769. The first-order chi connectivity index (χ1) is 10.4. The Morgan fingerprint density at radius 2 is 1.73 bits per heavy atom. The summed E-state index contributed by atoms with van der Waals surface area (Å²) < 4.78 is 39.0. The number of hydrogen-bond acceptors (Lipinski definition) is 4. The van der Waals surface area contributed by atoms with Gasteiger partial charge in [0, 0.05) is 0 Å². The van der Waals surface area contributed by atoms with E-state index in [-0.39, 0.29) is 11.0 Å². The number of hydrogen-bond donors (Lipinski definition) is 0. The number of benzene rings is 1. The van der Waals surface area contributed by atoms with Crippen LogP contribution in [-0.2, 0) is 6.18 Å². The van der Waals surface area contributed by atoms with Crippen LogP contribution in [0.25, 0.3) is 17.2 Å². The molecule has 0 bridgehead atoms. The van der Waals surface area contributed by atoms with Crippen molar-refractivity contribution in [3.63, 3.8) is 0 Å². The van der Waals surface area contributed by atoms with Gasteiger partial charge in [0.1, 0.15) is 10.8 Å². The monoisotopic (exact) mass is 325 g/mol. The van der Waals surface area contributed by atoms with Gasteiger partial charge in [0.25, 0.3) is 0 Å². The minimum atomic E-state index is -4.39. The first kappa shape index (κ1) is 14.5. The number of nitrogens with zero attached hydrogens (tertiary/aromatic N) is 5.